The molecule has 0 atom stereocenters. The average molecular weight is 321 g/mol. The monoisotopic (exact) mass is 321 g/mol. The zero-order valence-corrected chi connectivity index (χ0v) is 9.65. The van der Waals surface area contributed by atoms with Crippen molar-refractivity contribution in [3.63, 3.8) is 0 Å². The first-order chi connectivity index (χ1) is 7.15. The van der Waals surface area contributed by atoms with Crippen molar-refractivity contribution in [1.82, 2.24) is 14.8 Å². The standard InChI is InChI=1S/C9H6F2IN3/c10-7-1-2-8(11)6(3-7)4-15-5-13-9(12)14-15/h1-3,5H,4H2. The van der Waals surface area contributed by atoms with Gasteiger partial charge in [0, 0.05) is 28.2 Å². The molecule has 1 heterocycles. The van der Waals surface area contributed by atoms with Crippen LogP contribution < -0.4 is 0 Å². The SMILES string of the molecule is Fc1ccc(F)c(Cn2cnc(I)n2)c1. The highest BCUT2D eigenvalue weighted by atomic mass is 127. The second-order valence-corrected chi connectivity index (χ2v) is 3.91. The number of nitrogens with zero attached hydrogens (tertiary/aromatic N) is 3. The first kappa shape index (κ1) is 10.5. The number of hydrogen-bond acceptors (Lipinski definition) is 2. The second-order valence-electron chi connectivity index (χ2n) is 2.95. The molecule has 0 radical (unpaired) electrons. The number of halogens is 3. The van der Waals surface area contributed by atoms with Gasteiger partial charge in [-0.1, -0.05) is 0 Å². The smallest absolute Gasteiger partial charge is 0.211 e. The Morgan fingerprint density at radius 1 is 1.33 bits per heavy atom. The molecule has 2 aromatic rings. The van der Waals surface area contributed by atoms with Crippen molar-refractivity contribution in [2.75, 3.05) is 0 Å². The van der Waals surface area contributed by atoms with Gasteiger partial charge in [0.05, 0.1) is 6.54 Å². The van der Waals surface area contributed by atoms with E-state index in [0.717, 1.165) is 18.2 Å². The molecule has 0 saturated heterocycles. The van der Waals surface area contributed by atoms with Crippen LogP contribution in [0.1, 0.15) is 5.56 Å². The van der Waals surface area contributed by atoms with E-state index in [0.29, 0.717) is 3.83 Å². The van der Waals surface area contributed by atoms with E-state index < -0.39 is 11.6 Å². The summed E-state index contributed by atoms with van der Waals surface area (Å²) in [6.45, 7) is 0.180. The van der Waals surface area contributed by atoms with Crippen molar-refractivity contribution in [3.8, 4) is 0 Å². The van der Waals surface area contributed by atoms with Gasteiger partial charge in [0.1, 0.15) is 18.0 Å². The van der Waals surface area contributed by atoms with Crippen molar-refractivity contribution >= 4 is 22.6 Å². The summed E-state index contributed by atoms with van der Waals surface area (Å²) in [5.41, 5.74) is 0.260. The molecule has 0 spiro atoms. The zero-order chi connectivity index (χ0) is 10.8. The lowest BCUT2D eigenvalue weighted by molar-refractivity contribution is 0.565. The minimum atomic E-state index is -0.457. The Bertz CT molecular complexity index is 484. The summed E-state index contributed by atoms with van der Waals surface area (Å²) in [6.07, 6.45) is 1.48. The maximum atomic E-state index is 13.2. The highest BCUT2D eigenvalue weighted by Crippen LogP contribution is 2.10. The van der Waals surface area contributed by atoms with E-state index in [-0.39, 0.29) is 12.1 Å². The van der Waals surface area contributed by atoms with Gasteiger partial charge in [0.25, 0.3) is 0 Å². The first-order valence-electron chi connectivity index (χ1n) is 4.14. The fourth-order valence-electron chi connectivity index (χ4n) is 1.19. The molecule has 6 heteroatoms. The van der Waals surface area contributed by atoms with Gasteiger partial charge >= 0.3 is 0 Å². The molecule has 0 saturated carbocycles. The van der Waals surface area contributed by atoms with Gasteiger partial charge in [-0.15, -0.1) is 5.10 Å². The van der Waals surface area contributed by atoms with Gasteiger partial charge in [-0.05, 0) is 18.2 Å². The minimum absolute atomic E-state index is 0.180. The summed E-state index contributed by atoms with van der Waals surface area (Å²) in [5.74, 6) is -0.900. The largest absolute Gasteiger partial charge is 0.247 e. The molecular formula is C9H6F2IN3. The van der Waals surface area contributed by atoms with Gasteiger partial charge < -0.3 is 0 Å². The van der Waals surface area contributed by atoms with E-state index in [1.54, 1.807) is 0 Å². The van der Waals surface area contributed by atoms with Crippen LogP contribution in [0, 0.1) is 15.5 Å². The lowest BCUT2D eigenvalue weighted by Crippen LogP contribution is -2.03. The highest BCUT2D eigenvalue weighted by Gasteiger charge is 2.05. The molecule has 0 fully saturated rings. The van der Waals surface area contributed by atoms with Crippen LogP contribution >= 0.6 is 22.6 Å². The number of rotatable bonds is 2. The van der Waals surface area contributed by atoms with Crippen molar-refractivity contribution in [2.45, 2.75) is 6.54 Å². The Hall–Kier alpha value is -1.05. The second kappa shape index (κ2) is 4.21. The fourth-order valence-corrected chi connectivity index (χ4v) is 1.59. The predicted octanol–water partition coefficient (Wildman–Crippen LogP) is 2.21. The molecule has 78 valence electrons. The van der Waals surface area contributed by atoms with E-state index in [1.807, 2.05) is 22.6 Å². The van der Waals surface area contributed by atoms with Crippen molar-refractivity contribution in [2.24, 2.45) is 0 Å². The van der Waals surface area contributed by atoms with E-state index >= 15 is 0 Å². The van der Waals surface area contributed by atoms with Crippen molar-refractivity contribution in [1.29, 1.82) is 0 Å². The topological polar surface area (TPSA) is 30.7 Å². The Balaban J connectivity index is 2.27. The normalized spacial score (nSPS) is 10.6. The number of hydrogen-bond donors (Lipinski definition) is 0. The third kappa shape index (κ3) is 2.49. The Kier molecular flexibility index (Phi) is 2.94. The molecule has 0 aliphatic heterocycles. The third-order valence-corrected chi connectivity index (χ3v) is 2.34. The summed E-state index contributed by atoms with van der Waals surface area (Å²) >= 11 is 1.95. The minimum Gasteiger partial charge on any atom is -0.247 e. The molecule has 0 aliphatic carbocycles. The lowest BCUT2D eigenvalue weighted by atomic mass is 10.2. The molecule has 2 rings (SSSR count). The molecule has 0 bridgehead atoms. The van der Waals surface area contributed by atoms with Crippen LogP contribution in [0.2, 0.25) is 0 Å². The molecule has 0 N–H and O–H groups in total. The third-order valence-electron chi connectivity index (χ3n) is 1.85. The summed E-state index contributed by atoms with van der Waals surface area (Å²) in [6, 6.07) is 3.35. The maximum absolute atomic E-state index is 13.2. The molecule has 0 aliphatic rings. The van der Waals surface area contributed by atoms with Gasteiger partial charge in [-0.2, -0.15) is 0 Å². The lowest BCUT2D eigenvalue weighted by Gasteiger charge is -2.02. The van der Waals surface area contributed by atoms with Crippen LogP contribution in [-0.2, 0) is 6.54 Å². The first-order valence-corrected chi connectivity index (χ1v) is 5.22. The van der Waals surface area contributed by atoms with Gasteiger partial charge in [0.15, 0.2) is 0 Å². The quantitative estimate of drug-likeness (QED) is 0.794. The Morgan fingerprint density at radius 2 is 2.13 bits per heavy atom. The van der Waals surface area contributed by atoms with Crippen LogP contribution in [0.4, 0.5) is 8.78 Å². The van der Waals surface area contributed by atoms with E-state index in [4.69, 9.17) is 0 Å². The molecular weight excluding hydrogens is 315 g/mol. The number of benzene rings is 1. The van der Waals surface area contributed by atoms with Crippen LogP contribution in [0.3, 0.4) is 0 Å². The van der Waals surface area contributed by atoms with Gasteiger partial charge in [-0.25, -0.2) is 18.4 Å². The van der Waals surface area contributed by atoms with Crippen molar-refractivity contribution < 1.29 is 8.78 Å². The molecule has 1 aromatic heterocycles. The maximum Gasteiger partial charge on any atom is 0.211 e. The van der Waals surface area contributed by atoms with Crippen LogP contribution in [0.25, 0.3) is 0 Å². The summed E-state index contributed by atoms with van der Waals surface area (Å²) in [4.78, 5) is 3.89. The zero-order valence-electron chi connectivity index (χ0n) is 7.49. The van der Waals surface area contributed by atoms with E-state index in [2.05, 4.69) is 10.1 Å². The molecule has 3 nitrogen and oxygen atoms in total. The van der Waals surface area contributed by atoms with E-state index in [9.17, 15) is 8.78 Å². The molecule has 1 aromatic carbocycles. The van der Waals surface area contributed by atoms with Gasteiger partial charge in [-0.3, -0.25) is 0 Å². The Morgan fingerprint density at radius 3 is 2.80 bits per heavy atom. The summed E-state index contributed by atoms with van der Waals surface area (Å²) in [5, 5.41) is 3.98. The van der Waals surface area contributed by atoms with Crippen LogP contribution in [0.15, 0.2) is 24.5 Å². The van der Waals surface area contributed by atoms with Crippen LogP contribution in [-0.4, -0.2) is 14.8 Å². The molecule has 0 unspecified atom stereocenters. The van der Waals surface area contributed by atoms with E-state index in [1.165, 1.54) is 11.0 Å². The number of aromatic nitrogens is 3. The van der Waals surface area contributed by atoms with Gasteiger partial charge in [0.2, 0.25) is 3.83 Å². The fraction of sp³-hybridized carbons (Fsp3) is 0.111. The van der Waals surface area contributed by atoms with Crippen LogP contribution in [0.5, 0.6) is 0 Å². The summed E-state index contributed by atoms with van der Waals surface area (Å²) in [7, 11) is 0. The average Bonchev–Trinajstić information content (AvgIpc) is 2.58. The Labute approximate surface area is 98.3 Å². The summed E-state index contributed by atoms with van der Waals surface area (Å²) < 4.78 is 28.1. The molecule has 15 heavy (non-hydrogen) atoms. The highest BCUT2D eigenvalue weighted by molar-refractivity contribution is 14.1. The molecule has 0 amide bonds. The predicted molar refractivity (Wildman–Crippen MR) is 58.2 cm³/mol. The van der Waals surface area contributed by atoms with Crippen molar-refractivity contribution in [3.05, 3.63) is 45.6 Å².